The van der Waals surface area contributed by atoms with E-state index in [4.69, 9.17) is 0 Å². The van der Waals surface area contributed by atoms with Gasteiger partial charge in [-0.15, -0.1) is 0 Å². The summed E-state index contributed by atoms with van der Waals surface area (Å²) in [5.74, 6) is 0.243. The number of benzene rings is 1. The summed E-state index contributed by atoms with van der Waals surface area (Å²) in [4.78, 5) is 11.4. The molecule has 1 fully saturated rings. The molecule has 110 valence electrons. The highest BCUT2D eigenvalue weighted by Crippen LogP contribution is 2.27. The highest BCUT2D eigenvalue weighted by atomic mass is 32.2. The fourth-order valence-corrected chi connectivity index (χ4v) is 3.57. The van der Waals surface area contributed by atoms with Crippen molar-refractivity contribution in [1.82, 2.24) is 4.72 Å². The van der Waals surface area contributed by atoms with Crippen molar-refractivity contribution in [3.05, 3.63) is 29.8 Å². The van der Waals surface area contributed by atoms with Gasteiger partial charge in [0.1, 0.15) is 0 Å². The zero-order valence-electron chi connectivity index (χ0n) is 11.6. The zero-order chi connectivity index (χ0) is 14.8. The van der Waals surface area contributed by atoms with Gasteiger partial charge < -0.3 is 4.74 Å². The van der Waals surface area contributed by atoms with Crippen LogP contribution in [0.4, 0.5) is 0 Å². The molecule has 1 aromatic rings. The predicted octanol–water partition coefficient (Wildman–Crippen LogP) is 1.48. The normalized spacial score (nSPS) is 22.1. The van der Waals surface area contributed by atoms with E-state index < -0.39 is 10.0 Å². The molecule has 1 aliphatic rings. The second kappa shape index (κ2) is 5.93. The van der Waals surface area contributed by atoms with Crippen molar-refractivity contribution in [3.63, 3.8) is 0 Å². The Labute approximate surface area is 119 Å². The SMILES string of the molecule is COC(=O)Cc1ccc(S(=O)(=O)NC2CC(C)C2)cc1. The van der Waals surface area contributed by atoms with E-state index >= 15 is 0 Å². The molecular formula is C14H19NO4S. The standard InChI is InChI=1S/C14H19NO4S/c1-10-7-12(8-10)15-20(17,18)13-5-3-11(4-6-13)9-14(16)19-2/h3-6,10,12,15H,7-9H2,1-2H3. The number of esters is 1. The van der Waals surface area contributed by atoms with Crippen molar-refractivity contribution < 1.29 is 17.9 Å². The van der Waals surface area contributed by atoms with Crippen molar-refractivity contribution in [1.29, 1.82) is 0 Å². The molecule has 0 amide bonds. The van der Waals surface area contributed by atoms with Crippen LogP contribution in [0.2, 0.25) is 0 Å². The monoisotopic (exact) mass is 297 g/mol. The molecule has 0 radical (unpaired) electrons. The molecule has 1 saturated carbocycles. The summed E-state index contributed by atoms with van der Waals surface area (Å²) in [6.45, 7) is 2.10. The number of nitrogens with one attached hydrogen (secondary N) is 1. The van der Waals surface area contributed by atoms with Gasteiger partial charge in [0, 0.05) is 6.04 Å². The molecule has 0 aromatic heterocycles. The first-order chi connectivity index (χ1) is 9.40. The van der Waals surface area contributed by atoms with Crippen LogP contribution < -0.4 is 4.72 Å². The second-order valence-electron chi connectivity index (χ2n) is 5.29. The van der Waals surface area contributed by atoms with Crippen LogP contribution in [-0.4, -0.2) is 27.5 Å². The van der Waals surface area contributed by atoms with E-state index in [0.29, 0.717) is 5.92 Å². The molecule has 1 N–H and O–H groups in total. The van der Waals surface area contributed by atoms with Crippen LogP contribution >= 0.6 is 0 Å². The van der Waals surface area contributed by atoms with Crippen molar-refractivity contribution in [2.24, 2.45) is 5.92 Å². The van der Waals surface area contributed by atoms with E-state index in [9.17, 15) is 13.2 Å². The average Bonchev–Trinajstić information content (AvgIpc) is 2.37. The Hall–Kier alpha value is -1.40. The smallest absolute Gasteiger partial charge is 0.309 e. The molecule has 1 aliphatic carbocycles. The molecule has 6 heteroatoms. The van der Waals surface area contributed by atoms with Gasteiger partial charge in [-0.25, -0.2) is 13.1 Å². The van der Waals surface area contributed by atoms with Crippen LogP contribution in [0.3, 0.4) is 0 Å². The van der Waals surface area contributed by atoms with Crippen molar-refractivity contribution >= 4 is 16.0 Å². The quantitative estimate of drug-likeness (QED) is 0.836. The maximum absolute atomic E-state index is 12.1. The van der Waals surface area contributed by atoms with Gasteiger partial charge >= 0.3 is 5.97 Å². The molecule has 5 nitrogen and oxygen atoms in total. The summed E-state index contributed by atoms with van der Waals surface area (Å²) in [6.07, 6.45) is 1.92. The van der Waals surface area contributed by atoms with Gasteiger partial charge in [-0.1, -0.05) is 19.1 Å². The largest absolute Gasteiger partial charge is 0.469 e. The van der Waals surface area contributed by atoms with E-state index in [1.807, 2.05) is 0 Å². The number of sulfonamides is 1. The Morgan fingerprint density at radius 2 is 1.90 bits per heavy atom. The summed E-state index contributed by atoms with van der Waals surface area (Å²) in [5, 5.41) is 0. The lowest BCUT2D eigenvalue weighted by atomic mass is 9.83. The summed E-state index contributed by atoms with van der Waals surface area (Å²) in [7, 11) is -2.14. The maximum atomic E-state index is 12.1. The molecule has 20 heavy (non-hydrogen) atoms. The van der Waals surface area contributed by atoms with Crippen LogP contribution in [-0.2, 0) is 26.0 Å². The van der Waals surface area contributed by atoms with Crippen molar-refractivity contribution in [3.8, 4) is 0 Å². The lowest BCUT2D eigenvalue weighted by Crippen LogP contribution is -2.43. The first-order valence-electron chi connectivity index (χ1n) is 6.59. The van der Waals surface area contributed by atoms with Gasteiger partial charge in [0.15, 0.2) is 0 Å². The van der Waals surface area contributed by atoms with Gasteiger partial charge in [0.2, 0.25) is 10.0 Å². The Balaban J connectivity index is 2.03. The summed E-state index contributed by atoms with van der Waals surface area (Å²) >= 11 is 0. The molecule has 0 spiro atoms. The molecule has 0 heterocycles. The number of methoxy groups -OCH3 is 1. The highest BCUT2D eigenvalue weighted by Gasteiger charge is 2.29. The third-order valence-corrected chi connectivity index (χ3v) is 5.04. The van der Waals surface area contributed by atoms with E-state index in [-0.39, 0.29) is 23.3 Å². The Morgan fingerprint density at radius 3 is 2.40 bits per heavy atom. The average molecular weight is 297 g/mol. The summed E-state index contributed by atoms with van der Waals surface area (Å²) in [6, 6.07) is 6.35. The van der Waals surface area contributed by atoms with Crippen LogP contribution in [0.25, 0.3) is 0 Å². The molecule has 0 saturated heterocycles. The van der Waals surface area contributed by atoms with Crippen molar-refractivity contribution in [2.45, 2.75) is 37.1 Å². The number of hydrogen-bond acceptors (Lipinski definition) is 4. The second-order valence-corrected chi connectivity index (χ2v) is 7.01. The van der Waals surface area contributed by atoms with Gasteiger partial charge in [0.25, 0.3) is 0 Å². The number of hydrogen-bond donors (Lipinski definition) is 1. The molecule has 0 aliphatic heterocycles. The third-order valence-electron chi connectivity index (χ3n) is 3.51. The van der Waals surface area contributed by atoms with Crippen LogP contribution in [0.5, 0.6) is 0 Å². The van der Waals surface area contributed by atoms with E-state index in [1.54, 1.807) is 12.1 Å². The molecule has 0 bridgehead atoms. The minimum absolute atomic E-state index is 0.0461. The number of rotatable bonds is 5. The van der Waals surface area contributed by atoms with Crippen LogP contribution in [0, 0.1) is 5.92 Å². The van der Waals surface area contributed by atoms with E-state index in [1.165, 1.54) is 19.2 Å². The summed E-state index contributed by atoms with van der Waals surface area (Å²) in [5.41, 5.74) is 0.730. The fourth-order valence-electron chi connectivity index (χ4n) is 2.31. The van der Waals surface area contributed by atoms with Crippen molar-refractivity contribution in [2.75, 3.05) is 7.11 Å². The van der Waals surface area contributed by atoms with E-state index in [0.717, 1.165) is 18.4 Å². The number of carbonyl (C=O) groups is 1. The Bertz CT molecular complexity index is 574. The highest BCUT2D eigenvalue weighted by molar-refractivity contribution is 7.89. The predicted molar refractivity (Wildman–Crippen MR) is 74.7 cm³/mol. The molecule has 0 unspecified atom stereocenters. The molecular weight excluding hydrogens is 278 g/mol. The minimum atomic E-state index is -3.46. The van der Waals surface area contributed by atoms with Crippen LogP contribution in [0.1, 0.15) is 25.3 Å². The minimum Gasteiger partial charge on any atom is -0.469 e. The van der Waals surface area contributed by atoms with Crippen LogP contribution in [0.15, 0.2) is 29.2 Å². The summed E-state index contributed by atoms with van der Waals surface area (Å²) < 4.78 is 31.5. The van der Waals surface area contributed by atoms with Gasteiger partial charge in [-0.2, -0.15) is 0 Å². The molecule has 1 aromatic carbocycles. The first-order valence-corrected chi connectivity index (χ1v) is 8.07. The lowest BCUT2D eigenvalue weighted by Gasteiger charge is -2.32. The first kappa shape index (κ1) is 15.0. The van der Waals surface area contributed by atoms with E-state index in [2.05, 4.69) is 16.4 Å². The zero-order valence-corrected chi connectivity index (χ0v) is 12.4. The Kier molecular flexibility index (Phi) is 4.45. The van der Waals surface area contributed by atoms with Gasteiger partial charge in [0.05, 0.1) is 18.4 Å². The molecule has 0 atom stereocenters. The fraction of sp³-hybridized carbons (Fsp3) is 0.500. The van der Waals surface area contributed by atoms with Gasteiger partial charge in [-0.3, -0.25) is 4.79 Å². The topological polar surface area (TPSA) is 72.5 Å². The number of ether oxygens (including phenoxy) is 1. The van der Waals surface area contributed by atoms with Gasteiger partial charge in [-0.05, 0) is 36.5 Å². The lowest BCUT2D eigenvalue weighted by molar-refractivity contribution is -0.139. The Morgan fingerprint density at radius 1 is 1.30 bits per heavy atom. The number of carbonyl (C=O) groups excluding carboxylic acids is 1. The third kappa shape index (κ3) is 3.58. The molecule has 2 rings (SSSR count). The maximum Gasteiger partial charge on any atom is 0.309 e.